The molecular weight excluding hydrogens is 470 g/mol. The van der Waals surface area contributed by atoms with E-state index in [2.05, 4.69) is 30.8 Å². The van der Waals surface area contributed by atoms with Crippen LogP contribution in [0.5, 0.6) is 0 Å². The maximum Gasteiger partial charge on any atom is 0.216 e. The highest BCUT2D eigenvalue weighted by Crippen LogP contribution is 2.38. The maximum atomic E-state index is 14.3. The molecule has 6 nitrogen and oxygen atoms in total. The molecule has 0 radical (unpaired) electrons. The number of nitrogens with zero attached hydrogens (tertiary/aromatic N) is 4. The molecule has 0 atom stereocenters. The maximum absolute atomic E-state index is 14.3. The van der Waals surface area contributed by atoms with Crippen molar-refractivity contribution in [1.82, 2.24) is 30.8 Å². The molecule has 0 saturated carbocycles. The van der Waals surface area contributed by atoms with E-state index in [0.717, 1.165) is 33.4 Å². The monoisotopic (exact) mass is 488 g/mol. The Bertz CT molecular complexity index is 1550. The average Bonchev–Trinajstić information content (AvgIpc) is 3.52. The van der Waals surface area contributed by atoms with Crippen molar-refractivity contribution >= 4 is 45.8 Å². The van der Waals surface area contributed by atoms with Crippen molar-refractivity contribution in [2.45, 2.75) is 13.3 Å². The van der Waals surface area contributed by atoms with Crippen LogP contribution < -0.4 is 0 Å². The van der Waals surface area contributed by atoms with Crippen molar-refractivity contribution in [2.24, 2.45) is 0 Å². The number of fused-ring (bicyclic) bond motifs is 1. The first-order valence-corrected chi connectivity index (χ1v) is 11.3. The molecule has 0 unspecified atom stereocenters. The van der Waals surface area contributed by atoms with E-state index >= 15 is 0 Å². The largest absolute Gasteiger partial charge is 0.252 e. The van der Waals surface area contributed by atoms with Gasteiger partial charge in [0.25, 0.3) is 0 Å². The summed E-state index contributed by atoms with van der Waals surface area (Å²) in [6.07, 6.45) is 4.25. The number of rotatable bonds is 6. The molecule has 0 amide bonds. The molecule has 2 aromatic heterocycles. The van der Waals surface area contributed by atoms with E-state index < -0.39 is 11.8 Å². The summed E-state index contributed by atoms with van der Waals surface area (Å²) in [6, 6.07) is 17.7. The molecule has 174 valence electrons. The minimum Gasteiger partial charge on any atom is -0.252 e. The standard InChI is InChI=1S/C26H19ClF2N6/c1-2-19(20-10-9-18(28)14-22(20)27)25(17-8-11-23-21(13-17)26(29)33-30-23)16-6-3-15(4-7-16)5-12-24-31-34-35-32-24/h3-14H,2H2,1H3,(H,30,33)(H,31,32,34,35)/b12-5+,25-19?. The van der Waals surface area contributed by atoms with Crippen molar-refractivity contribution < 1.29 is 8.78 Å². The van der Waals surface area contributed by atoms with Gasteiger partial charge >= 0.3 is 0 Å². The van der Waals surface area contributed by atoms with Crippen molar-refractivity contribution in [1.29, 1.82) is 0 Å². The molecule has 5 rings (SSSR count). The molecule has 0 bridgehead atoms. The summed E-state index contributed by atoms with van der Waals surface area (Å²) < 4.78 is 28.1. The molecule has 0 spiro atoms. The van der Waals surface area contributed by atoms with Crippen LogP contribution in [0.2, 0.25) is 5.02 Å². The van der Waals surface area contributed by atoms with Crippen LogP contribution in [0.1, 0.15) is 41.4 Å². The first-order valence-electron chi connectivity index (χ1n) is 10.9. The molecule has 2 N–H and O–H groups in total. The number of nitrogens with one attached hydrogen (secondary N) is 2. The summed E-state index contributed by atoms with van der Waals surface area (Å²) in [7, 11) is 0. The fourth-order valence-corrected chi connectivity index (χ4v) is 4.34. The van der Waals surface area contributed by atoms with Crippen LogP contribution in [-0.4, -0.2) is 30.8 Å². The van der Waals surface area contributed by atoms with Gasteiger partial charge in [-0.05, 0) is 75.4 Å². The fraction of sp³-hybridized carbons (Fsp3) is 0.0769. The highest BCUT2D eigenvalue weighted by Gasteiger charge is 2.17. The second-order valence-corrected chi connectivity index (χ2v) is 8.23. The number of halogens is 3. The average molecular weight is 489 g/mol. The van der Waals surface area contributed by atoms with Crippen molar-refractivity contribution in [2.75, 3.05) is 0 Å². The Hall–Kier alpha value is -4.17. The molecule has 0 aliphatic rings. The topological polar surface area (TPSA) is 83.1 Å². The number of hydrogen-bond donors (Lipinski definition) is 2. The number of tetrazole rings is 1. The van der Waals surface area contributed by atoms with E-state index in [1.54, 1.807) is 24.3 Å². The summed E-state index contributed by atoms with van der Waals surface area (Å²) in [5.74, 6) is -0.430. The lowest BCUT2D eigenvalue weighted by atomic mass is 9.87. The lowest BCUT2D eigenvalue weighted by Crippen LogP contribution is -1.97. The van der Waals surface area contributed by atoms with Crippen molar-refractivity contribution in [3.05, 3.63) is 106 Å². The number of aromatic amines is 2. The Labute approximate surface area is 204 Å². The van der Waals surface area contributed by atoms with E-state index in [1.165, 1.54) is 12.1 Å². The van der Waals surface area contributed by atoms with E-state index in [1.807, 2.05) is 43.3 Å². The van der Waals surface area contributed by atoms with Gasteiger partial charge in [-0.2, -0.15) is 14.7 Å². The third-order valence-corrected chi connectivity index (χ3v) is 6.01. The van der Waals surface area contributed by atoms with Crippen LogP contribution in [0.15, 0.2) is 60.7 Å². The molecule has 3 aromatic carbocycles. The Morgan fingerprint density at radius 2 is 1.74 bits per heavy atom. The molecule has 0 fully saturated rings. The number of hydrogen-bond acceptors (Lipinski definition) is 4. The number of aromatic nitrogens is 6. The van der Waals surface area contributed by atoms with Crippen LogP contribution in [0.4, 0.5) is 8.78 Å². The summed E-state index contributed by atoms with van der Waals surface area (Å²) in [6.45, 7) is 2.01. The summed E-state index contributed by atoms with van der Waals surface area (Å²) in [5, 5.41) is 20.8. The SMILES string of the molecule is CCC(=C(c1ccc(/C=C/c2nn[nH]n2)cc1)c1ccc2n[nH]c(F)c2c1)c1ccc(F)cc1Cl. The predicted molar refractivity (Wildman–Crippen MR) is 133 cm³/mol. The van der Waals surface area contributed by atoms with Crippen LogP contribution >= 0.6 is 11.6 Å². The van der Waals surface area contributed by atoms with Gasteiger partial charge in [0.2, 0.25) is 5.95 Å². The summed E-state index contributed by atoms with van der Waals surface area (Å²) in [5.41, 5.74) is 5.68. The van der Waals surface area contributed by atoms with Crippen LogP contribution in [0.25, 0.3) is 34.2 Å². The molecule has 0 aliphatic heterocycles. The second kappa shape index (κ2) is 9.60. The van der Waals surface area contributed by atoms with Gasteiger partial charge in [-0.3, -0.25) is 5.10 Å². The summed E-state index contributed by atoms with van der Waals surface area (Å²) in [4.78, 5) is 0. The minimum atomic E-state index is -0.499. The Balaban J connectivity index is 1.67. The highest BCUT2D eigenvalue weighted by atomic mass is 35.5. The third-order valence-electron chi connectivity index (χ3n) is 5.69. The molecule has 0 saturated heterocycles. The zero-order valence-electron chi connectivity index (χ0n) is 18.6. The zero-order valence-corrected chi connectivity index (χ0v) is 19.3. The van der Waals surface area contributed by atoms with Crippen LogP contribution in [0.3, 0.4) is 0 Å². The van der Waals surface area contributed by atoms with Gasteiger partial charge in [0.1, 0.15) is 5.82 Å². The number of H-pyrrole nitrogens is 2. The molecular formula is C26H19ClF2N6. The normalized spacial score (nSPS) is 12.5. The zero-order chi connectivity index (χ0) is 24.4. The summed E-state index contributed by atoms with van der Waals surface area (Å²) >= 11 is 6.46. The van der Waals surface area contributed by atoms with Crippen LogP contribution in [-0.2, 0) is 0 Å². The third kappa shape index (κ3) is 4.61. The van der Waals surface area contributed by atoms with E-state index in [-0.39, 0.29) is 0 Å². The number of allylic oxidation sites excluding steroid dienone is 1. The first-order chi connectivity index (χ1) is 17.0. The molecule has 0 aliphatic carbocycles. The highest BCUT2D eigenvalue weighted by molar-refractivity contribution is 6.32. The van der Waals surface area contributed by atoms with Crippen LogP contribution in [0, 0.1) is 11.8 Å². The van der Waals surface area contributed by atoms with Gasteiger partial charge in [0.05, 0.1) is 15.9 Å². The van der Waals surface area contributed by atoms with E-state index in [4.69, 9.17) is 11.6 Å². The van der Waals surface area contributed by atoms with Gasteiger partial charge in [0.15, 0.2) is 5.82 Å². The molecule has 9 heteroatoms. The lowest BCUT2D eigenvalue weighted by Gasteiger charge is -2.17. The molecule has 2 heterocycles. The van der Waals surface area contributed by atoms with Gasteiger partial charge in [-0.1, -0.05) is 61.0 Å². The lowest BCUT2D eigenvalue weighted by molar-refractivity contribution is 0.588. The fourth-order valence-electron chi connectivity index (χ4n) is 4.06. The second-order valence-electron chi connectivity index (χ2n) is 7.83. The smallest absolute Gasteiger partial charge is 0.216 e. The van der Waals surface area contributed by atoms with E-state index in [9.17, 15) is 8.78 Å². The van der Waals surface area contributed by atoms with Crippen molar-refractivity contribution in [3.8, 4) is 0 Å². The van der Waals surface area contributed by atoms with E-state index in [0.29, 0.717) is 28.2 Å². The minimum absolute atomic E-state index is 0.314. The van der Waals surface area contributed by atoms with Gasteiger partial charge in [0, 0.05) is 0 Å². The quantitative estimate of drug-likeness (QED) is 0.265. The van der Waals surface area contributed by atoms with Crippen molar-refractivity contribution in [3.63, 3.8) is 0 Å². The number of benzene rings is 3. The Morgan fingerprint density at radius 3 is 2.46 bits per heavy atom. The van der Waals surface area contributed by atoms with Gasteiger partial charge in [-0.25, -0.2) is 4.39 Å². The van der Waals surface area contributed by atoms with Gasteiger partial charge in [-0.15, -0.1) is 10.2 Å². The molecule has 35 heavy (non-hydrogen) atoms. The first kappa shape index (κ1) is 22.6. The van der Waals surface area contributed by atoms with Gasteiger partial charge < -0.3 is 0 Å². The Morgan fingerprint density at radius 1 is 0.943 bits per heavy atom. The molecule has 5 aromatic rings. The Kier molecular flexibility index (Phi) is 6.20. The predicted octanol–water partition coefficient (Wildman–Crippen LogP) is 6.55.